The summed E-state index contributed by atoms with van der Waals surface area (Å²) in [6.07, 6.45) is 0. The van der Waals surface area contributed by atoms with Gasteiger partial charge in [-0.3, -0.25) is 0 Å². The molecule has 5 heteroatoms. The lowest BCUT2D eigenvalue weighted by Crippen LogP contribution is -2.41. The molecule has 0 radical (unpaired) electrons. The Morgan fingerprint density at radius 1 is 1.43 bits per heavy atom. The van der Waals surface area contributed by atoms with E-state index < -0.39 is 11.5 Å². The highest BCUT2D eigenvalue weighted by Crippen LogP contribution is 2.28. The van der Waals surface area contributed by atoms with Gasteiger partial charge in [0.1, 0.15) is 5.54 Å². The predicted octanol–water partition coefficient (Wildman–Crippen LogP) is 2.47. The van der Waals surface area contributed by atoms with E-state index in [1.807, 2.05) is 0 Å². The van der Waals surface area contributed by atoms with E-state index in [9.17, 15) is 4.79 Å². The second-order valence-electron chi connectivity index (χ2n) is 3.14. The van der Waals surface area contributed by atoms with Gasteiger partial charge in [0.25, 0.3) is 0 Å². The molecule has 0 bridgehead atoms. The van der Waals surface area contributed by atoms with Gasteiger partial charge in [-0.15, -0.1) is 0 Å². The van der Waals surface area contributed by atoms with Crippen LogP contribution in [0.3, 0.4) is 0 Å². The molecule has 0 aliphatic rings. The van der Waals surface area contributed by atoms with E-state index in [2.05, 4.69) is 31.9 Å². The summed E-state index contributed by atoms with van der Waals surface area (Å²) in [6, 6.07) is 5.13. The summed E-state index contributed by atoms with van der Waals surface area (Å²) < 4.78 is 1.65. The van der Waals surface area contributed by atoms with Crippen LogP contribution in [-0.4, -0.2) is 11.1 Å². The first-order valence-electron chi connectivity index (χ1n) is 3.83. The summed E-state index contributed by atoms with van der Waals surface area (Å²) in [6.45, 7) is 1.46. The van der Waals surface area contributed by atoms with Crippen molar-refractivity contribution in [2.24, 2.45) is 5.73 Å². The van der Waals surface area contributed by atoms with Crippen molar-refractivity contribution in [3.05, 3.63) is 32.7 Å². The van der Waals surface area contributed by atoms with Crippen LogP contribution in [0.15, 0.2) is 27.1 Å². The van der Waals surface area contributed by atoms with Gasteiger partial charge in [0, 0.05) is 8.95 Å². The van der Waals surface area contributed by atoms with Crippen molar-refractivity contribution >= 4 is 37.8 Å². The Kier molecular flexibility index (Phi) is 3.34. The van der Waals surface area contributed by atoms with Gasteiger partial charge >= 0.3 is 5.97 Å². The fraction of sp³-hybridized carbons (Fsp3) is 0.222. The zero-order valence-electron chi connectivity index (χ0n) is 7.42. The molecule has 1 aromatic rings. The second-order valence-corrected chi connectivity index (χ2v) is 4.85. The highest BCUT2D eigenvalue weighted by atomic mass is 79.9. The molecule has 0 saturated heterocycles. The minimum Gasteiger partial charge on any atom is -0.480 e. The molecular formula is C9H9Br2NO2. The Labute approximate surface area is 98.6 Å². The van der Waals surface area contributed by atoms with Crippen molar-refractivity contribution in [3.8, 4) is 0 Å². The van der Waals surface area contributed by atoms with Gasteiger partial charge in [-0.05, 0) is 56.5 Å². The lowest BCUT2D eigenvalue weighted by Gasteiger charge is -2.20. The van der Waals surface area contributed by atoms with Crippen molar-refractivity contribution in [1.29, 1.82) is 0 Å². The first-order valence-corrected chi connectivity index (χ1v) is 5.42. The third-order valence-electron chi connectivity index (χ3n) is 1.96. The zero-order chi connectivity index (χ0) is 10.9. The molecule has 0 aliphatic heterocycles. The Balaban J connectivity index is 3.21. The van der Waals surface area contributed by atoms with Gasteiger partial charge < -0.3 is 10.8 Å². The summed E-state index contributed by atoms with van der Waals surface area (Å²) in [4.78, 5) is 10.9. The molecule has 0 unspecified atom stereocenters. The number of carboxylic acids is 1. The summed E-state index contributed by atoms with van der Waals surface area (Å²) >= 11 is 6.59. The number of carboxylic acid groups (broad SMARTS) is 1. The standard InChI is InChI=1S/C9H9Br2NO2/c1-9(12,8(13)14)5-2-3-6(10)7(11)4-5/h2-4H,12H2,1H3,(H,13,14)/t9-/m0/s1. The number of hydrogen-bond acceptors (Lipinski definition) is 2. The molecule has 0 amide bonds. The van der Waals surface area contributed by atoms with Gasteiger partial charge in [-0.1, -0.05) is 6.07 Å². The minimum absolute atomic E-state index is 0.556. The Morgan fingerprint density at radius 3 is 2.43 bits per heavy atom. The van der Waals surface area contributed by atoms with Crippen LogP contribution in [0.4, 0.5) is 0 Å². The first-order chi connectivity index (χ1) is 6.35. The lowest BCUT2D eigenvalue weighted by atomic mass is 9.94. The van der Waals surface area contributed by atoms with Crippen LogP contribution in [0.25, 0.3) is 0 Å². The molecule has 1 atom stereocenters. The van der Waals surface area contributed by atoms with E-state index in [0.29, 0.717) is 5.56 Å². The quantitative estimate of drug-likeness (QED) is 0.879. The van der Waals surface area contributed by atoms with E-state index in [4.69, 9.17) is 10.8 Å². The maximum Gasteiger partial charge on any atom is 0.328 e. The molecular weight excluding hydrogens is 314 g/mol. The minimum atomic E-state index is -1.36. The van der Waals surface area contributed by atoms with E-state index in [1.54, 1.807) is 18.2 Å². The molecule has 0 aromatic heterocycles. The number of benzene rings is 1. The van der Waals surface area contributed by atoms with Gasteiger partial charge in [0.2, 0.25) is 0 Å². The first kappa shape index (κ1) is 11.7. The molecule has 76 valence electrons. The fourth-order valence-electron chi connectivity index (χ4n) is 0.943. The van der Waals surface area contributed by atoms with Gasteiger partial charge in [0.15, 0.2) is 0 Å². The van der Waals surface area contributed by atoms with Crippen LogP contribution in [0.5, 0.6) is 0 Å². The highest BCUT2D eigenvalue weighted by Gasteiger charge is 2.30. The Hall–Kier alpha value is -0.390. The summed E-state index contributed by atoms with van der Waals surface area (Å²) in [5.74, 6) is -1.05. The second kappa shape index (κ2) is 4.00. The van der Waals surface area contributed by atoms with Crippen LogP contribution in [0.1, 0.15) is 12.5 Å². The third-order valence-corrected chi connectivity index (χ3v) is 3.84. The topological polar surface area (TPSA) is 63.3 Å². The molecule has 14 heavy (non-hydrogen) atoms. The molecule has 0 spiro atoms. The number of nitrogens with two attached hydrogens (primary N) is 1. The average Bonchev–Trinajstić information content (AvgIpc) is 2.09. The van der Waals surface area contributed by atoms with Gasteiger partial charge in [-0.2, -0.15) is 0 Å². The van der Waals surface area contributed by atoms with E-state index in [-0.39, 0.29) is 0 Å². The van der Waals surface area contributed by atoms with Crippen LogP contribution in [0, 0.1) is 0 Å². The van der Waals surface area contributed by atoms with Crippen LogP contribution in [-0.2, 0) is 10.3 Å². The monoisotopic (exact) mass is 321 g/mol. The number of aliphatic carboxylic acids is 1. The molecule has 1 aromatic carbocycles. The Morgan fingerprint density at radius 2 is 2.00 bits per heavy atom. The SMILES string of the molecule is C[C@@](N)(C(=O)O)c1ccc(Br)c(Br)c1. The van der Waals surface area contributed by atoms with Crippen molar-refractivity contribution in [1.82, 2.24) is 0 Å². The van der Waals surface area contributed by atoms with E-state index >= 15 is 0 Å². The number of rotatable bonds is 2. The summed E-state index contributed by atoms with van der Waals surface area (Å²) in [5.41, 5.74) is 4.86. The normalized spacial score (nSPS) is 14.9. The van der Waals surface area contributed by atoms with Gasteiger partial charge in [-0.25, -0.2) is 4.79 Å². The smallest absolute Gasteiger partial charge is 0.328 e. The van der Waals surface area contributed by atoms with Crippen LogP contribution in [0.2, 0.25) is 0 Å². The molecule has 3 nitrogen and oxygen atoms in total. The van der Waals surface area contributed by atoms with E-state index in [0.717, 1.165) is 8.95 Å². The lowest BCUT2D eigenvalue weighted by molar-refractivity contribution is -0.143. The predicted molar refractivity (Wildman–Crippen MR) is 61.0 cm³/mol. The highest BCUT2D eigenvalue weighted by molar-refractivity contribution is 9.13. The Bertz CT molecular complexity index is 377. The number of hydrogen-bond donors (Lipinski definition) is 2. The van der Waals surface area contributed by atoms with Crippen LogP contribution >= 0.6 is 31.9 Å². The molecule has 3 N–H and O–H groups in total. The number of carbonyl (C=O) groups is 1. The molecule has 1 rings (SSSR count). The summed E-state index contributed by atoms with van der Waals surface area (Å²) in [7, 11) is 0. The van der Waals surface area contributed by atoms with Crippen LogP contribution < -0.4 is 5.73 Å². The number of halogens is 2. The van der Waals surface area contributed by atoms with Gasteiger partial charge in [0.05, 0.1) is 0 Å². The van der Waals surface area contributed by atoms with Crippen molar-refractivity contribution < 1.29 is 9.90 Å². The molecule has 0 fully saturated rings. The molecule has 0 saturated carbocycles. The van der Waals surface area contributed by atoms with Crippen molar-refractivity contribution in [3.63, 3.8) is 0 Å². The van der Waals surface area contributed by atoms with Crippen molar-refractivity contribution in [2.45, 2.75) is 12.5 Å². The molecule has 0 aliphatic carbocycles. The van der Waals surface area contributed by atoms with E-state index in [1.165, 1.54) is 6.92 Å². The fourth-order valence-corrected chi connectivity index (χ4v) is 1.57. The maximum atomic E-state index is 10.9. The zero-order valence-corrected chi connectivity index (χ0v) is 10.6. The van der Waals surface area contributed by atoms with Crippen molar-refractivity contribution in [2.75, 3.05) is 0 Å². The third kappa shape index (κ3) is 2.16. The average molecular weight is 323 g/mol. The molecule has 0 heterocycles. The largest absolute Gasteiger partial charge is 0.480 e. The maximum absolute atomic E-state index is 10.9. The summed E-state index contributed by atoms with van der Waals surface area (Å²) in [5, 5.41) is 8.90.